The molecule has 0 aliphatic heterocycles. The molecule has 0 fully saturated rings. The quantitative estimate of drug-likeness (QED) is 0.412. The van der Waals surface area contributed by atoms with Crippen molar-refractivity contribution in [3.8, 4) is 28.7 Å². The highest BCUT2D eigenvalue weighted by Crippen LogP contribution is 2.42. The molecule has 0 bridgehead atoms. The molecule has 6 heteroatoms. The van der Waals surface area contributed by atoms with Crippen LogP contribution in [0.1, 0.15) is 11.1 Å². The highest BCUT2D eigenvalue weighted by molar-refractivity contribution is 6.30. The van der Waals surface area contributed by atoms with E-state index in [2.05, 4.69) is 11.1 Å². The maximum atomic E-state index is 9.68. The number of hydrogen-bond donors (Lipinski definition) is 0. The number of nitriles is 1. The van der Waals surface area contributed by atoms with E-state index < -0.39 is 0 Å². The van der Waals surface area contributed by atoms with Gasteiger partial charge in [0.15, 0.2) is 5.76 Å². The minimum absolute atomic E-state index is 0.199. The second kappa shape index (κ2) is 6.79. The van der Waals surface area contributed by atoms with Crippen molar-refractivity contribution >= 4 is 23.7 Å². The van der Waals surface area contributed by atoms with Gasteiger partial charge in [-0.15, -0.1) is 0 Å². The number of furan rings is 3. The molecule has 0 aliphatic rings. The molecule has 0 unspecified atom stereocenters. The van der Waals surface area contributed by atoms with Crippen molar-refractivity contribution in [1.29, 1.82) is 5.26 Å². The van der Waals surface area contributed by atoms with Crippen molar-refractivity contribution in [3.63, 3.8) is 0 Å². The molecule has 26 heavy (non-hydrogen) atoms. The highest BCUT2D eigenvalue weighted by Gasteiger charge is 2.25. The summed E-state index contributed by atoms with van der Waals surface area (Å²) in [5, 5.41) is 10.3. The van der Waals surface area contributed by atoms with Gasteiger partial charge in [-0.1, -0.05) is 23.7 Å². The molecule has 3 heterocycles. The summed E-state index contributed by atoms with van der Waals surface area (Å²) in [4.78, 5) is 4.35. The second-order valence-electron chi connectivity index (χ2n) is 5.40. The number of rotatable bonds is 4. The van der Waals surface area contributed by atoms with E-state index >= 15 is 0 Å². The summed E-state index contributed by atoms with van der Waals surface area (Å²) in [5.74, 6) is 1.19. The molecule has 0 N–H and O–H groups in total. The lowest BCUT2D eigenvalue weighted by atomic mass is 10.1. The zero-order chi connectivity index (χ0) is 17.9. The van der Waals surface area contributed by atoms with Gasteiger partial charge in [0.25, 0.3) is 0 Å². The van der Waals surface area contributed by atoms with Gasteiger partial charge in [0, 0.05) is 11.2 Å². The van der Waals surface area contributed by atoms with E-state index in [1.807, 2.05) is 12.1 Å². The summed E-state index contributed by atoms with van der Waals surface area (Å²) in [5.41, 5.74) is 2.36. The molecule has 0 spiro atoms. The maximum Gasteiger partial charge on any atom is 0.238 e. The molecule has 4 aromatic rings. The van der Waals surface area contributed by atoms with Gasteiger partial charge in [-0.2, -0.15) is 5.26 Å². The first-order valence-corrected chi connectivity index (χ1v) is 8.07. The molecule has 0 amide bonds. The van der Waals surface area contributed by atoms with Gasteiger partial charge >= 0.3 is 0 Å². The lowest BCUT2D eigenvalue weighted by Crippen LogP contribution is -1.81. The third kappa shape index (κ3) is 2.94. The average Bonchev–Trinajstić information content (AvgIpc) is 3.40. The molecule has 5 nitrogen and oxygen atoms in total. The first-order chi connectivity index (χ1) is 12.8. The predicted molar refractivity (Wildman–Crippen MR) is 97.5 cm³/mol. The molecule has 126 valence electrons. The van der Waals surface area contributed by atoms with E-state index in [1.54, 1.807) is 49.1 Å². The number of hydrogen-bond acceptors (Lipinski definition) is 5. The van der Waals surface area contributed by atoms with Crippen LogP contribution in [0.5, 0.6) is 0 Å². The van der Waals surface area contributed by atoms with Crippen LogP contribution in [0.2, 0.25) is 5.02 Å². The third-order valence-corrected chi connectivity index (χ3v) is 4.01. The van der Waals surface area contributed by atoms with Gasteiger partial charge in [0.2, 0.25) is 5.88 Å². The van der Waals surface area contributed by atoms with Gasteiger partial charge in [0.05, 0.1) is 23.7 Å². The third-order valence-electron chi connectivity index (χ3n) is 3.75. The van der Waals surface area contributed by atoms with E-state index in [0.29, 0.717) is 33.2 Å². The Bertz CT molecular complexity index is 1080. The zero-order valence-corrected chi connectivity index (χ0v) is 14.1. The first kappa shape index (κ1) is 16.0. The number of halogens is 1. The van der Waals surface area contributed by atoms with Crippen LogP contribution in [0.25, 0.3) is 22.6 Å². The molecular formula is C20H11ClN2O3. The summed E-state index contributed by atoms with van der Waals surface area (Å²) in [6.45, 7) is 0. The minimum atomic E-state index is 0.199. The van der Waals surface area contributed by atoms with Gasteiger partial charge in [-0.25, -0.2) is 4.99 Å². The summed E-state index contributed by atoms with van der Waals surface area (Å²) in [6.07, 6.45) is 6.23. The zero-order valence-electron chi connectivity index (χ0n) is 13.3. The standard InChI is InChI=1S/C20H11ClN2O3/c21-15-5-3-13(4-6-15)11-23-20-16(10-22)18(17-2-1-8-25-17)19(26-20)14-7-9-24-12-14/h1-9,11-12H/b23-11+. The van der Waals surface area contributed by atoms with Crippen LogP contribution in [-0.4, -0.2) is 6.21 Å². The Morgan fingerprint density at radius 3 is 2.58 bits per heavy atom. The minimum Gasteiger partial charge on any atom is -0.472 e. The Kier molecular flexibility index (Phi) is 4.18. The van der Waals surface area contributed by atoms with Crippen molar-refractivity contribution in [2.24, 2.45) is 4.99 Å². The smallest absolute Gasteiger partial charge is 0.238 e. The SMILES string of the molecule is N#Cc1c(/N=C/c2ccc(Cl)cc2)oc(-c2ccoc2)c1-c1ccco1. The Balaban J connectivity index is 1.84. The molecule has 0 saturated heterocycles. The molecular weight excluding hydrogens is 352 g/mol. The van der Waals surface area contributed by atoms with E-state index in [0.717, 1.165) is 5.56 Å². The van der Waals surface area contributed by atoms with Crippen LogP contribution < -0.4 is 0 Å². The van der Waals surface area contributed by atoms with Crippen LogP contribution >= 0.6 is 11.6 Å². The van der Waals surface area contributed by atoms with Crippen molar-refractivity contribution in [2.45, 2.75) is 0 Å². The fraction of sp³-hybridized carbons (Fsp3) is 0. The Morgan fingerprint density at radius 1 is 1.08 bits per heavy atom. The van der Waals surface area contributed by atoms with E-state index in [9.17, 15) is 5.26 Å². The van der Waals surface area contributed by atoms with Gasteiger partial charge < -0.3 is 13.3 Å². The molecule has 4 rings (SSSR count). The second-order valence-corrected chi connectivity index (χ2v) is 5.83. The van der Waals surface area contributed by atoms with Crippen molar-refractivity contribution in [2.75, 3.05) is 0 Å². The monoisotopic (exact) mass is 362 g/mol. The van der Waals surface area contributed by atoms with Crippen LogP contribution in [0.3, 0.4) is 0 Å². The van der Waals surface area contributed by atoms with Crippen molar-refractivity contribution in [3.05, 3.63) is 77.4 Å². The molecule has 0 saturated carbocycles. The molecule has 0 atom stereocenters. The molecule has 1 aromatic carbocycles. The Labute approximate surface area is 153 Å². The summed E-state index contributed by atoms with van der Waals surface area (Å²) < 4.78 is 16.5. The van der Waals surface area contributed by atoms with Crippen molar-refractivity contribution in [1.82, 2.24) is 0 Å². The number of benzene rings is 1. The van der Waals surface area contributed by atoms with Crippen molar-refractivity contribution < 1.29 is 13.3 Å². The van der Waals surface area contributed by atoms with Gasteiger partial charge in [0.1, 0.15) is 23.7 Å². The highest BCUT2D eigenvalue weighted by atomic mass is 35.5. The van der Waals surface area contributed by atoms with E-state index in [1.165, 1.54) is 6.26 Å². The molecule has 0 radical (unpaired) electrons. The van der Waals surface area contributed by atoms with Crippen LogP contribution in [0.15, 0.2) is 79.5 Å². The lowest BCUT2D eigenvalue weighted by molar-refractivity contribution is 0.561. The summed E-state index contributed by atoms with van der Waals surface area (Å²) >= 11 is 5.89. The number of nitrogens with zero attached hydrogens (tertiary/aromatic N) is 2. The van der Waals surface area contributed by atoms with Crippen LogP contribution in [-0.2, 0) is 0 Å². The molecule has 3 aromatic heterocycles. The fourth-order valence-corrected chi connectivity index (χ4v) is 2.67. The molecule has 0 aliphatic carbocycles. The predicted octanol–water partition coefficient (Wildman–Crippen LogP) is 6.08. The number of aliphatic imine (C=N–C) groups is 1. The summed E-state index contributed by atoms with van der Waals surface area (Å²) in [6, 6.07) is 14.6. The van der Waals surface area contributed by atoms with Crippen LogP contribution in [0.4, 0.5) is 5.88 Å². The van der Waals surface area contributed by atoms with Crippen LogP contribution in [0, 0.1) is 11.3 Å². The van der Waals surface area contributed by atoms with E-state index in [-0.39, 0.29) is 5.88 Å². The Hall–Kier alpha value is -3.49. The maximum absolute atomic E-state index is 9.68. The lowest BCUT2D eigenvalue weighted by Gasteiger charge is -1.96. The Morgan fingerprint density at radius 2 is 1.92 bits per heavy atom. The van der Waals surface area contributed by atoms with Gasteiger partial charge in [-0.05, 0) is 35.9 Å². The normalized spacial score (nSPS) is 11.1. The average molecular weight is 363 g/mol. The topological polar surface area (TPSA) is 75.6 Å². The first-order valence-electron chi connectivity index (χ1n) is 7.69. The largest absolute Gasteiger partial charge is 0.472 e. The fourth-order valence-electron chi connectivity index (χ4n) is 2.55. The van der Waals surface area contributed by atoms with E-state index in [4.69, 9.17) is 24.9 Å². The van der Waals surface area contributed by atoms with Gasteiger partial charge in [-0.3, -0.25) is 0 Å². The summed E-state index contributed by atoms with van der Waals surface area (Å²) in [7, 11) is 0.